The smallest absolute Gasteiger partial charge is 0.236 e. The van der Waals surface area contributed by atoms with Crippen LogP contribution in [-0.2, 0) is 4.79 Å². The molecule has 0 aliphatic carbocycles. The van der Waals surface area contributed by atoms with Gasteiger partial charge >= 0.3 is 0 Å². The molecule has 2 rings (SSSR count). The lowest BCUT2D eigenvalue weighted by Crippen LogP contribution is -2.49. The molecule has 0 spiro atoms. The molecule has 0 aromatic heterocycles. The van der Waals surface area contributed by atoms with Crippen molar-refractivity contribution in [3.05, 3.63) is 0 Å². The van der Waals surface area contributed by atoms with Crippen molar-refractivity contribution in [2.75, 3.05) is 45.8 Å². The monoisotopic (exact) mass is 225 g/mol. The molecular formula is C12H23N3O. The van der Waals surface area contributed by atoms with Crippen LogP contribution in [0.4, 0.5) is 0 Å². The molecule has 92 valence electrons. The molecule has 16 heavy (non-hydrogen) atoms. The van der Waals surface area contributed by atoms with Crippen LogP contribution < -0.4 is 5.32 Å². The molecule has 2 fully saturated rings. The van der Waals surface area contributed by atoms with Crippen LogP contribution in [0.5, 0.6) is 0 Å². The van der Waals surface area contributed by atoms with Crippen molar-refractivity contribution in [2.24, 2.45) is 11.8 Å². The van der Waals surface area contributed by atoms with E-state index < -0.39 is 0 Å². The van der Waals surface area contributed by atoms with Gasteiger partial charge in [0.15, 0.2) is 0 Å². The van der Waals surface area contributed by atoms with Gasteiger partial charge in [0.05, 0.1) is 6.54 Å². The van der Waals surface area contributed by atoms with Crippen molar-refractivity contribution in [3.8, 4) is 0 Å². The maximum Gasteiger partial charge on any atom is 0.236 e. The Morgan fingerprint density at radius 2 is 1.75 bits per heavy atom. The Morgan fingerprint density at radius 1 is 1.19 bits per heavy atom. The Labute approximate surface area is 98.0 Å². The molecule has 0 aromatic carbocycles. The molecule has 4 nitrogen and oxygen atoms in total. The number of likely N-dealkylation sites (tertiary alicyclic amines) is 1. The van der Waals surface area contributed by atoms with E-state index in [1.54, 1.807) is 0 Å². The summed E-state index contributed by atoms with van der Waals surface area (Å²) in [7, 11) is 0. The van der Waals surface area contributed by atoms with E-state index in [9.17, 15) is 4.79 Å². The van der Waals surface area contributed by atoms with E-state index in [2.05, 4.69) is 24.1 Å². The summed E-state index contributed by atoms with van der Waals surface area (Å²) in [6.45, 7) is 11.0. The number of carbonyl (C=O) groups excluding carboxylic acids is 1. The Hall–Kier alpha value is -0.610. The fourth-order valence-corrected chi connectivity index (χ4v) is 2.58. The first kappa shape index (κ1) is 11.9. The average molecular weight is 225 g/mol. The summed E-state index contributed by atoms with van der Waals surface area (Å²) in [6.07, 6.45) is 0. The molecule has 4 heteroatoms. The van der Waals surface area contributed by atoms with Crippen LogP contribution in [0, 0.1) is 11.8 Å². The van der Waals surface area contributed by atoms with Gasteiger partial charge in [0.1, 0.15) is 0 Å². The molecular weight excluding hydrogens is 202 g/mol. The highest BCUT2D eigenvalue weighted by Crippen LogP contribution is 2.21. The van der Waals surface area contributed by atoms with Gasteiger partial charge in [0, 0.05) is 39.3 Å². The van der Waals surface area contributed by atoms with Crippen LogP contribution >= 0.6 is 0 Å². The molecule has 2 atom stereocenters. The third kappa shape index (κ3) is 2.74. The van der Waals surface area contributed by atoms with Gasteiger partial charge in [0.2, 0.25) is 5.91 Å². The molecule has 2 unspecified atom stereocenters. The summed E-state index contributed by atoms with van der Waals surface area (Å²) in [4.78, 5) is 16.3. The van der Waals surface area contributed by atoms with E-state index in [1.165, 1.54) is 0 Å². The van der Waals surface area contributed by atoms with Crippen LogP contribution in [0.3, 0.4) is 0 Å². The molecule has 2 heterocycles. The fraction of sp³-hybridized carbons (Fsp3) is 0.917. The van der Waals surface area contributed by atoms with E-state index in [0.29, 0.717) is 12.5 Å². The van der Waals surface area contributed by atoms with E-state index in [1.807, 2.05) is 4.90 Å². The summed E-state index contributed by atoms with van der Waals surface area (Å²) in [5.74, 6) is 1.77. The Bertz CT molecular complexity index is 241. The van der Waals surface area contributed by atoms with E-state index in [0.717, 1.165) is 51.1 Å². The van der Waals surface area contributed by atoms with Gasteiger partial charge in [-0.05, 0) is 11.8 Å². The van der Waals surface area contributed by atoms with Crippen molar-refractivity contribution in [2.45, 2.75) is 13.8 Å². The maximum atomic E-state index is 12.0. The molecule has 0 radical (unpaired) electrons. The summed E-state index contributed by atoms with van der Waals surface area (Å²) < 4.78 is 0. The van der Waals surface area contributed by atoms with Crippen molar-refractivity contribution >= 4 is 5.91 Å². The lowest BCUT2D eigenvalue weighted by atomic mass is 10.0. The minimum Gasteiger partial charge on any atom is -0.339 e. The highest BCUT2D eigenvalue weighted by atomic mass is 16.2. The quantitative estimate of drug-likeness (QED) is 0.719. The highest BCUT2D eigenvalue weighted by Gasteiger charge is 2.28. The molecule has 0 saturated carbocycles. The van der Waals surface area contributed by atoms with Gasteiger partial charge in [-0.1, -0.05) is 13.8 Å². The van der Waals surface area contributed by atoms with E-state index in [-0.39, 0.29) is 0 Å². The Kier molecular flexibility index (Phi) is 3.82. The number of nitrogens with zero attached hydrogens (tertiary/aromatic N) is 2. The molecule has 1 amide bonds. The maximum absolute atomic E-state index is 12.0. The zero-order valence-electron chi connectivity index (χ0n) is 10.4. The number of piperazine rings is 1. The first-order valence-corrected chi connectivity index (χ1v) is 6.37. The van der Waals surface area contributed by atoms with Crippen LogP contribution in [0.15, 0.2) is 0 Å². The van der Waals surface area contributed by atoms with Crippen molar-refractivity contribution in [1.29, 1.82) is 0 Å². The number of amides is 1. The lowest BCUT2D eigenvalue weighted by Gasteiger charge is -2.29. The molecule has 2 aliphatic heterocycles. The van der Waals surface area contributed by atoms with Crippen molar-refractivity contribution < 1.29 is 4.79 Å². The SMILES string of the molecule is CC1CN(CC(=O)N2CCNCC2)CC1C. The van der Waals surface area contributed by atoms with Crippen LogP contribution in [0.2, 0.25) is 0 Å². The number of rotatable bonds is 2. The minimum atomic E-state index is 0.308. The normalized spacial score (nSPS) is 32.0. The van der Waals surface area contributed by atoms with Gasteiger partial charge in [0.25, 0.3) is 0 Å². The summed E-state index contributed by atoms with van der Waals surface area (Å²) in [5.41, 5.74) is 0. The largest absolute Gasteiger partial charge is 0.339 e. The van der Waals surface area contributed by atoms with E-state index >= 15 is 0 Å². The number of nitrogens with one attached hydrogen (secondary N) is 1. The Balaban J connectivity index is 1.78. The minimum absolute atomic E-state index is 0.308. The van der Waals surface area contributed by atoms with Gasteiger partial charge in [-0.25, -0.2) is 0 Å². The highest BCUT2D eigenvalue weighted by molar-refractivity contribution is 5.78. The van der Waals surface area contributed by atoms with Crippen LogP contribution in [-0.4, -0.2) is 61.5 Å². The predicted molar refractivity (Wildman–Crippen MR) is 64.2 cm³/mol. The second-order valence-electron chi connectivity index (χ2n) is 5.28. The predicted octanol–water partition coefficient (Wildman–Crippen LogP) is 0.00600. The average Bonchev–Trinajstić information content (AvgIpc) is 2.59. The standard InChI is InChI=1S/C12H23N3O/c1-10-7-14(8-11(10)2)9-12(16)15-5-3-13-4-6-15/h10-11,13H,3-9H2,1-2H3. The summed E-state index contributed by atoms with van der Waals surface area (Å²) in [6, 6.07) is 0. The van der Waals surface area contributed by atoms with Gasteiger partial charge < -0.3 is 10.2 Å². The lowest BCUT2D eigenvalue weighted by molar-refractivity contribution is -0.132. The molecule has 0 bridgehead atoms. The van der Waals surface area contributed by atoms with Crippen molar-refractivity contribution in [3.63, 3.8) is 0 Å². The second-order valence-corrected chi connectivity index (χ2v) is 5.28. The third-order valence-electron chi connectivity index (χ3n) is 3.89. The summed E-state index contributed by atoms with van der Waals surface area (Å²) in [5, 5.41) is 3.27. The molecule has 1 N–H and O–H groups in total. The number of hydrogen-bond acceptors (Lipinski definition) is 3. The zero-order chi connectivity index (χ0) is 11.5. The number of hydrogen-bond donors (Lipinski definition) is 1. The van der Waals surface area contributed by atoms with Gasteiger partial charge in [-0.15, -0.1) is 0 Å². The van der Waals surface area contributed by atoms with Crippen molar-refractivity contribution in [1.82, 2.24) is 15.1 Å². The Morgan fingerprint density at radius 3 is 2.31 bits per heavy atom. The van der Waals surface area contributed by atoms with E-state index in [4.69, 9.17) is 0 Å². The van der Waals surface area contributed by atoms with Gasteiger partial charge in [-0.2, -0.15) is 0 Å². The molecule has 2 saturated heterocycles. The molecule has 2 aliphatic rings. The zero-order valence-corrected chi connectivity index (χ0v) is 10.4. The third-order valence-corrected chi connectivity index (χ3v) is 3.89. The topological polar surface area (TPSA) is 35.6 Å². The summed E-state index contributed by atoms with van der Waals surface area (Å²) >= 11 is 0. The first-order chi connectivity index (χ1) is 7.66. The molecule has 0 aromatic rings. The van der Waals surface area contributed by atoms with Crippen LogP contribution in [0.1, 0.15) is 13.8 Å². The fourth-order valence-electron chi connectivity index (χ4n) is 2.58. The number of carbonyl (C=O) groups is 1. The van der Waals surface area contributed by atoms with Gasteiger partial charge in [-0.3, -0.25) is 9.69 Å². The van der Waals surface area contributed by atoms with Crippen LogP contribution in [0.25, 0.3) is 0 Å². The second kappa shape index (κ2) is 5.15. The first-order valence-electron chi connectivity index (χ1n) is 6.37.